The van der Waals surface area contributed by atoms with E-state index >= 15 is 0 Å². The fourth-order valence-corrected chi connectivity index (χ4v) is 4.38. The van der Waals surface area contributed by atoms with Gasteiger partial charge in [-0.15, -0.1) is 11.3 Å². The summed E-state index contributed by atoms with van der Waals surface area (Å²) >= 11 is 1.56. The molecule has 1 saturated heterocycles. The number of hydrogen-bond donors (Lipinski definition) is 1. The zero-order valence-corrected chi connectivity index (χ0v) is 13.3. The molecule has 2 heterocycles. The summed E-state index contributed by atoms with van der Waals surface area (Å²) in [5.74, 6) is 0.499. The van der Waals surface area contributed by atoms with Crippen LogP contribution in [0.15, 0.2) is 23.7 Å². The molecule has 1 aromatic carbocycles. The highest BCUT2D eigenvalue weighted by Gasteiger charge is 2.43. The van der Waals surface area contributed by atoms with Gasteiger partial charge in [-0.05, 0) is 43.7 Å². The standard InChI is InChI=1S/C17H20N2O2S/c20-16(13-5-2-6-14-15(13)18-11-22-14)19-9-7-17(21,8-10-19)12-3-1-4-12/h2,5-6,11-12,21H,1,3-4,7-10H2. The van der Waals surface area contributed by atoms with Crippen LogP contribution in [0.4, 0.5) is 0 Å². The Labute approximate surface area is 133 Å². The SMILES string of the molecule is O=C(c1cccc2scnc12)N1CCC(O)(C2CCC2)CC1. The third-order valence-corrected chi connectivity index (χ3v) is 6.17. The van der Waals surface area contributed by atoms with E-state index in [-0.39, 0.29) is 5.91 Å². The van der Waals surface area contributed by atoms with Gasteiger partial charge in [-0.2, -0.15) is 0 Å². The molecule has 1 saturated carbocycles. The van der Waals surface area contributed by atoms with Crippen LogP contribution in [0, 0.1) is 5.92 Å². The summed E-state index contributed by atoms with van der Waals surface area (Å²) in [6.07, 6.45) is 4.93. The van der Waals surface area contributed by atoms with Gasteiger partial charge in [0.15, 0.2) is 0 Å². The molecule has 5 heteroatoms. The molecule has 1 aromatic heterocycles. The number of fused-ring (bicyclic) bond motifs is 1. The zero-order chi connectivity index (χ0) is 15.2. The van der Waals surface area contributed by atoms with Gasteiger partial charge in [-0.1, -0.05) is 12.5 Å². The van der Waals surface area contributed by atoms with Gasteiger partial charge in [0.1, 0.15) is 0 Å². The van der Waals surface area contributed by atoms with Crippen LogP contribution in [0.25, 0.3) is 10.2 Å². The van der Waals surface area contributed by atoms with Crippen LogP contribution in [-0.2, 0) is 0 Å². The Morgan fingerprint density at radius 2 is 2.09 bits per heavy atom. The fraction of sp³-hybridized carbons (Fsp3) is 0.529. The predicted molar refractivity (Wildman–Crippen MR) is 87.0 cm³/mol. The van der Waals surface area contributed by atoms with Crippen LogP contribution < -0.4 is 0 Å². The third kappa shape index (κ3) is 2.23. The molecule has 1 amide bonds. The summed E-state index contributed by atoms with van der Waals surface area (Å²) in [7, 11) is 0. The molecular weight excluding hydrogens is 296 g/mol. The third-order valence-electron chi connectivity index (χ3n) is 5.37. The minimum Gasteiger partial charge on any atom is -0.389 e. The first-order valence-electron chi connectivity index (χ1n) is 8.01. The maximum atomic E-state index is 12.8. The summed E-state index contributed by atoms with van der Waals surface area (Å²) in [5, 5.41) is 10.8. The van der Waals surface area contributed by atoms with E-state index in [4.69, 9.17) is 0 Å². The molecule has 4 nitrogen and oxygen atoms in total. The number of nitrogens with zero attached hydrogens (tertiary/aromatic N) is 2. The first kappa shape index (κ1) is 14.2. The van der Waals surface area contributed by atoms with E-state index in [1.807, 2.05) is 23.1 Å². The number of benzene rings is 1. The summed E-state index contributed by atoms with van der Waals surface area (Å²) in [6, 6.07) is 5.77. The number of para-hydroxylation sites is 1. The molecule has 1 N–H and O–H groups in total. The summed E-state index contributed by atoms with van der Waals surface area (Å²) in [6.45, 7) is 1.29. The average Bonchev–Trinajstić information content (AvgIpc) is 2.93. The molecule has 0 bridgehead atoms. The Balaban J connectivity index is 1.51. The summed E-state index contributed by atoms with van der Waals surface area (Å²) in [5.41, 5.74) is 2.74. The Morgan fingerprint density at radius 3 is 2.77 bits per heavy atom. The first-order valence-corrected chi connectivity index (χ1v) is 8.89. The van der Waals surface area contributed by atoms with E-state index in [1.54, 1.807) is 16.8 Å². The van der Waals surface area contributed by atoms with Crippen molar-refractivity contribution in [2.24, 2.45) is 5.92 Å². The minimum absolute atomic E-state index is 0.0483. The number of hydrogen-bond acceptors (Lipinski definition) is 4. The van der Waals surface area contributed by atoms with Crippen LogP contribution >= 0.6 is 11.3 Å². The van der Waals surface area contributed by atoms with Crippen LogP contribution in [0.2, 0.25) is 0 Å². The van der Waals surface area contributed by atoms with E-state index in [0.717, 1.165) is 23.1 Å². The van der Waals surface area contributed by atoms with Crippen LogP contribution in [0.5, 0.6) is 0 Å². The lowest BCUT2D eigenvalue weighted by molar-refractivity contribution is -0.0861. The Bertz CT molecular complexity index is 700. The molecule has 2 aromatic rings. The quantitative estimate of drug-likeness (QED) is 0.926. The number of thiazole rings is 1. The number of aromatic nitrogens is 1. The highest BCUT2D eigenvalue weighted by Crippen LogP contribution is 2.42. The van der Waals surface area contributed by atoms with E-state index in [9.17, 15) is 9.90 Å². The minimum atomic E-state index is -0.540. The molecule has 22 heavy (non-hydrogen) atoms. The number of carbonyl (C=O) groups excluding carboxylic acids is 1. The lowest BCUT2D eigenvalue weighted by atomic mass is 9.69. The average molecular weight is 316 g/mol. The molecule has 0 unspecified atom stereocenters. The van der Waals surface area contributed by atoms with Crippen molar-refractivity contribution in [1.29, 1.82) is 0 Å². The van der Waals surface area contributed by atoms with E-state index in [2.05, 4.69) is 4.98 Å². The van der Waals surface area contributed by atoms with Crippen LogP contribution in [-0.4, -0.2) is 39.6 Å². The maximum Gasteiger partial charge on any atom is 0.256 e. The molecule has 1 aliphatic heterocycles. The second-order valence-electron chi connectivity index (χ2n) is 6.53. The Kier molecular flexibility index (Phi) is 3.42. The van der Waals surface area contributed by atoms with Gasteiger partial charge >= 0.3 is 0 Å². The summed E-state index contributed by atoms with van der Waals surface area (Å²) in [4.78, 5) is 19.0. The molecule has 1 aliphatic carbocycles. The van der Waals surface area contributed by atoms with Gasteiger partial charge in [0, 0.05) is 13.1 Å². The zero-order valence-electron chi connectivity index (χ0n) is 12.5. The number of amides is 1. The van der Waals surface area contributed by atoms with Crippen LogP contribution in [0.3, 0.4) is 0 Å². The molecule has 2 fully saturated rings. The van der Waals surface area contributed by atoms with Crippen molar-refractivity contribution in [3.8, 4) is 0 Å². The lowest BCUT2D eigenvalue weighted by Gasteiger charge is -2.46. The fourth-order valence-electron chi connectivity index (χ4n) is 3.68. The molecule has 116 valence electrons. The largest absolute Gasteiger partial charge is 0.389 e. The highest BCUT2D eigenvalue weighted by atomic mass is 32.1. The smallest absolute Gasteiger partial charge is 0.256 e. The van der Waals surface area contributed by atoms with Crippen molar-refractivity contribution >= 4 is 27.5 Å². The van der Waals surface area contributed by atoms with Crippen molar-refractivity contribution < 1.29 is 9.90 Å². The summed E-state index contributed by atoms with van der Waals surface area (Å²) < 4.78 is 1.05. The van der Waals surface area contributed by atoms with Gasteiger partial charge in [0.25, 0.3) is 5.91 Å². The predicted octanol–water partition coefficient (Wildman–Crippen LogP) is 3.06. The number of carbonyl (C=O) groups is 1. The molecule has 2 aliphatic rings. The number of piperidine rings is 1. The van der Waals surface area contributed by atoms with Crippen molar-refractivity contribution in [3.05, 3.63) is 29.3 Å². The molecule has 0 atom stereocenters. The van der Waals surface area contributed by atoms with Gasteiger partial charge in [-0.25, -0.2) is 4.98 Å². The molecule has 0 spiro atoms. The lowest BCUT2D eigenvalue weighted by Crippen LogP contribution is -2.52. The Morgan fingerprint density at radius 1 is 1.32 bits per heavy atom. The molecule has 0 radical (unpaired) electrons. The van der Waals surface area contributed by atoms with E-state index in [0.29, 0.717) is 37.4 Å². The first-order chi connectivity index (χ1) is 10.7. The topological polar surface area (TPSA) is 53.4 Å². The number of aliphatic hydroxyl groups is 1. The van der Waals surface area contributed by atoms with Crippen molar-refractivity contribution in [3.63, 3.8) is 0 Å². The van der Waals surface area contributed by atoms with E-state index in [1.165, 1.54) is 6.42 Å². The Hall–Kier alpha value is -1.46. The van der Waals surface area contributed by atoms with Gasteiger partial charge in [0.05, 0.1) is 26.9 Å². The van der Waals surface area contributed by atoms with Crippen molar-refractivity contribution in [1.82, 2.24) is 9.88 Å². The van der Waals surface area contributed by atoms with Crippen molar-refractivity contribution in [2.45, 2.75) is 37.7 Å². The second kappa shape index (κ2) is 5.32. The van der Waals surface area contributed by atoms with E-state index < -0.39 is 5.60 Å². The van der Waals surface area contributed by atoms with Gasteiger partial charge in [-0.3, -0.25) is 4.79 Å². The van der Waals surface area contributed by atoms with Gasteiger partial charge in [0.2, 0.25) is 0 Å². The molecule has 4 rings (SSSR count). The van der Waals surface area contributed by atoms with Gasteiger partial charge < -0.3 is 10.0 Å². The monoisotopic (exact) mass is 316 g/mol. The number of rotatable bonds is 2. The van der Waals surface area contributed by atoms with Crippen molar-refractivity contribution in [2.75, 3.05) is 13.1 Å². The normalized spacial score (nSPS) is 21.8. The highest BCUT2D eigenvalue weighted by molar-refractivity contribution is 7.16. The maximum absolute atomic E-state index is 12.8. The molecular formula is C17H20N2O2S. The van der Waals surface area contributed by atoms with Crippen LogP contribution in [0.1, 0.15) is 42.5 Å². The number of likely N-dealkylation sites (tertiary alicyclic amines) is 1. The second-order valence-corrected chi connectivity index (χ2v) is 7.41.